The first-order valence-electron chi connectivity index (χ1n) is 6.55. The van der Waals surface area contributed by atoms with Gasteiger partial charge in [0, 0.05) is 31.3 Å². The Kier molecular flexibility index (Phi) is 4.50. The Hall–Kier alpha value is -1.65. The van der Waals surface area contributed by atoms with Crippen molar-refractivity contribution in [2.75, 3.05) is 6.54 Å². The summed E-state index contributed by atoms with van der Waals surface area (Å²) < 4.78 is 1.50. The van der Waals surface area contributed by atoms with Gasteiger partial charge in [-0.2, -0.15) is 0 Å². The topological polar surface area (TPSA) is 64.0 Å². The average Bonchev–Trinajstić information content (AvgIpc) is 2.42. The first-order chi connectivity index (χ1) is 8.77. The van der Waals surface area contributed by atoms with Crippen molar-refractivity contribution in [3.8, 4) is 0 Å². The molecule has 0 aliphatic heterocycles. The van der Waals surface area contributed by atoms with Gasteiger partial charge in [0.15, 0.2) is 0 Å². The van der Waals surface area contributed by atoms with Crippen molar-refractivity contribution < 1.29 is 4.79 Å². The molecule has 0 atom stereocenters. The fourth-order valence-electron chi connectivity index (χ4n) is 2.35. The third-order valence-corrected chi connectivity index (χ3v) is 3.42. The minimum atomic E-state index is -0.0862. The molecule has 5 heteroatoms. The fraction of sp³-hybridized carbons (Fsp3) is 0.615. The van der Waals surface area contributed by atoms with Crippen molar-refractivity contribution in [1.29, 1.82) is 0 Å². The number of carbonyl (C=O) groups is 1. The van der Waals surface area contributed by atoms with Crippen LogP contribution in [-0.2, 0) is 11.3 Å². The molecule has 98 valence electrons. The molecule has 0 radical (unpaired) electrons. The van der Waals surface area contributed by atoms with E-state index in [-0.39, 0.29) is 17.4 Å². The quantitative estimate of drug-likeness (QED) is 0.863. The van der Waals surface area contributed by atoms with Gasteiger partial charge in [0.1, 0.15) is 0 Å². The second-order valence-corrected chi connectivity index (χ2v) is 4.74. The van der Waals surface area contributed by atoms with Crippen molar-refractivity contribution in [2.24, 2.45) is 5.92 Å². The van der Waals surface area contributed by atoms with Gasteiger partial charge in [-0.15, -0.1) is 0 Å². The first kappa shape index (κ1) is 12.8. The highest BCUT2D eigenvalue weighted by Gasteiger charge is 2.20. The van der Waals surface area contributed by atoms with Crippen LogP contribution in [0.4, 0.5) is 0 Å². The smallest absolute Gasteiger partial charge is 0.253 e. The van der Waals surface area contributed by atoms with Gasteiger partial charge in [-0.25, -0.2) is 4.98 Å². The van der Waals surface area contributed by atoms with E-state index < -0.39 is 0 Å². The molecule has 0 spiro atoms. The Morgan fingerprint density at radius 2 is 2.17 bits per heavy atom. The van der Waals surface area contributed by atoms with Crippen LogP contribution < -0.4 is 10.9 Å². The fourth-order valence-corrected chi connectivity index (χ4v) is 2.35. The van der Waals surface area contributed by atoms with Crippen molar-refractivity contribution in [2.45, 2.75) is 38.6 Å². The second kappa shape index (κ2) is 6.33. The van der Waals surface area contributed by atoms with Crippen LogP contribution in [0.3, 0.4) is 0 Å². The predicted molar refractivity (Wildman–Crippen MR) is 68.1 cm³/mol. The average molecular weight is 249 g/mol. The van der Waals surface area contributed by atoms with E-state index in [1.54, 1.807) is 0 Å². The first-order valence-corrected chi connectivity index (χ1v) is 6.55. The lowest BCUT2D eigenvalue weighted by Gasteiger charge is -2.20. The Labute approximate surface area is 106 Å². The van der Waals surface area contributed by atoms with Crippen molar-refractivity contribution in [3.05, 3.63) is 28.9 Å². The molecule has 1 heterocycles. The maximum atomic E-state index is 11.9. The van der Waals surface area contributed by atoms with E-state index in [9.17, 15) is 9.59 Å². The highest BCUT2D eigenvalue weighted by atomic mass is 16.2. The summed E-state index contributed by atoms with van der Waals surface area (Å²) in [5.74, 6) is 0.302. The van der Waals surface area contributed by atoms with E-state index in [0.717, 1.165) is 25.7 Å². The molecule has 1 aliphatic carbocycles. The molecule has 0 unspecified atom stereocenters. The van der Waals surface area contributed by atoms with E-state index in [0.29, 0.717) is 13.1 Å². The van der Waals surface area contributed by atoms with Gasteiger partial charge in [0.05, 0.1) is 6.33 Å². The third kappa shape index (κ3) is 3.42. The number of aromatic nitrogens is 2. The van der Waals surface area contributed by atoms with Gasteiger partial charge >= 0.3 is 0 Å². The lowest BCUT2D eigenvalue weighted by Crippen LogP contribution is -2.35. The summed E-state index contributed by atoms with van der Waals surface area (Å²) in [7, 11) is 0. The monoisotopic (exact) mass is 249 g/mol. The highest BCUT2D eigenvalue weighted by Crippen LogP contribution is 2.23. The van der Waals surface area contributed by atoms with E-state index in [1.807, 2.05) is 0 Å². The number of carbonyl (C=O) groups excluding carboxylic acids is 1. The summed E-state index contributed by atoms with van der Waals surface area (Å²) in [6.07, 6.45) is 8.51. The van der Waals surface area contributed by atoms with Gasteiger partial charge in [-0.1, -0.05) is 19.3 Å². The summed E-state index contributed by atoms with van der Waals surface area (Å²) in [4.78, 5) is 27.1. The molecule has 1 saturated carbocycles. The van der Waals surface area contributed by atoms with E-state index in [1.165, 1.54) is 29.6 Å². The highest BCUT2D eigenvalue weighted by molar-refractivity contribution is 5.78. The molecule has 0 bridgehead atoms. The summed E-state index contributed by atoms with van der Waals surface area (Å²) in [6.45, 7) is 0.964. The molecule has 2 rings (SSSR count). The van der Waals surface area contributed by atoms with Crippen LogP contribution in [0.5, 0.6) is 0 Å². The molecule has 0 aromatic carbocycles. The number of nitrogens with one attached hydrogen (secondary N) is 1. The lowest BCUT2D eigenvalue weighted by molar-refractivity contribution is -0.125. The maximum Gasteiger partial charge on any atom is 0.253 e. The maximum absolute atomic E-state index is 11.9. The number of hydrogen-bond acceptors (Lipinski definition) is 3. The lowest BCUT2D eigenvalue weighted by atomic mass is 9.89. The Morgan fingerprint density at radius 1 is 1.39 bits per heavy atom. The van der Waals surface area contributed by atoms with Crippen molar-refractivity contribution in [1.82, 2.24) is 14.9 Å². The van der Waals surface area contributed by atoms with Gasteiger partial charge in [0.25, 0.3) is 5.56 Å². The van der Waals surface area contributed by atoms with Gasteiger partial charge in [-0.3, -0.25) is 14.2 Å². The van der Waals surface area contributed by atoms with Crippen LogP contribution in [-0.4, -0.2) is 22.0 Å². The molecule has 5 nitrogen and oxygen atoms in total. The number of rotatable bonds is 4. The molecule has 18 heavy (non-hydrogen) atoms. The molecule has 1 amide bonds. The van der Waals surface area contributed by atoms with Gasteiger partial charge in [-0.05, 0) is 12.8 Å². The molecule has 1 N–H and O–H groups in total. The number of hydrogen-bond donors (Lipinski definition) is 1. The Balaban J connectivity index is 1.76. The van der Waals surface area contributed by atoms with Crippen molar-refractivity contribution in [3.63, 3.8) is 0 Å². The molecule has 0 saturated heterocycles. The van der Waals surface area contributed by atoms with Crippen LogP contribution in [0.25, 0.3) is 0 Å². The second-order valence-electron chi connectivity index (χ2n) is 4.74. The van der Waals surface area contributed by atoms with E-state index in [2.05, 4.69) is 10.3 Å². The summed E-state index contributed by atoms with van der Waals surface area (Å²) in [6, 6.07) is 1.42. The number of amides is 1. The Bertz CT molecular complexity index is 450. The van der Waals surface area contributed by atoms with Crippen LogP contribution >= 0.6 is 0 Å². The zero-order valence-electron chi connectivity index (χ0n) is 10.5. The van der Waals surface area contributed by atoms with E-state index >= 15 is 0 Å². The molecule has 1 aromatic heterocycles. The van der Waals surface area contributed by atoms with Gasteiger partial charge in [0.2, 0.25) is 5.91 Å². The normalized spacial score (nSPS) is 16.4. The summed E-state index contributed by atoms with van der Waals surface area (Å²) >= 11 is 0. The largest absolute Gasteiger partial charge is 0.354 e. The van der Waals surface area contributed by atoms with Crippen LogP contribution in [0.15, 0.2) is 23.4 Å². The molecular formula is C13H19N3O2. The minimum absolute atomic E-state index is 0.0862. The molecule has 1 aromatic rings. The minimum Gasteiger partial charge on any atom is -0.354 e. The van der Waals surface area contributed by atoms with Crippen LogP contribution in [0.1, 0.15) is 32.1 Å². The van der Waals surface area contributed by atoms with Crippen LogP contribution in [0.2, 0.25) is 0 Å². The molecule has 1 fully saturated rings. The SMILES string of the molecule is O=C(NCCn1cnccc1=O)C1CCCCC1. The summed E-state index contributed by atoms with van der Waals surface area (Å²) in [5, 5.41) is 2.90. The number of nitrogens with zero attached hydrogens (tertiary/aromatic N) is 2. The zero-order chi connectivity index (χ0) is 12.8. The van der Waals surface area contributed by atoms with E-state index in [4.69, 9.17) is 0 Å². The zero-order valence-corrected chi connectivity index (χ0v) is 10.5. The Morgan fingerprint density at radius 3 is 2.89 bits per heavy atom. The third-order valence-electron chi connectivity index (χ3n) is 3.42. The molecular weight excluding hydrogens is 230 g/mol. The predicted octanol–water partition coefficient (Wildman–Crippen LogP) is 0.940. The standard InChI is InChI=1S/C13H19N3O2/c17-12-6-7-14-10-16(12)9-8-15-13(18)11-4-2-1-3-5-11/h6-7,10-11H,1-5,8-9H2,(H,15,18). The summed E-state index contributed by atoms with van der Waals surface area (Å²) in [5.41, 5.74) is -0.0862. The van der Waals surface area contributed by atoms with Gasteiger partial charge < -0.3 is 5.32 Å². The molecule has 1 aliphatic rings. The van der Waals surface area contributed by atoms with Crippen LogP contribution in [0, 0.1) is 5.92 Å². The van der Waals surface area contributed by atoms with Crippen molar-refractivity contribution >= 4 is 5.91 Å².